The van der Waals surface area contributed by atoms with Crippen LogP contribution in [0.25, 0.3) is 0 Å². The van der Waals surface area contributed by atoms with Crippen LogP contribution < -0.4 is 5.73 Å². The molecule has 1 unspecified atom stereocenters. The van der Waals surface area contributed by atoms with E-state index in [0.29, 0.717) is 6.54 Å². The summed E-state index contributed by atoms with van der Waals surface area (Å²) in [5, 5.41) is 17.3. The fourth-order valence-corrected chi connectivity index (χ4v) is 0.466. The van der Waals surface area contributed by atoms with Crippen molar-refractivity contribution in [1.82, 2.24) is 0 Å². The average Bonchev–Trinajstić information content (AvgIpc) is 1.87. The predicted molar refractivity (Wildman–Crippen MR) is 35.9 cm³/mol. The summed E-state index contributed by atoms with van der Waals surface area (Å²) in [6.07, 6.45) is 0.939. The zero-order valence-electron chi connectivity index (χ0n) is 5.54. The van der Waals surface area contributed by atoms with Crippen LogP contribution in [0.4, 0.5) is 0 Å². The molecule has 9 heavy (non-hydrogen) atoms. The first-order valence-corrected chi connectivity index (χ1v) is 2.88. The van der Waals surface area contributed by atoms with E-state index in [0.717, 1.165) is 5.57 Å². The minimum absolute atomic E-state index is 0.234. The lowest BCUT2D eigenvalue weighted by molar-refractivity contribution is 0.122. The van der Waals surface area contributed by atoms with E-state index in [1.165, 1.54) is 0 Å². The van der Waals surface area contributed by atoms with Gasteiger partial charge in [0.05, 0.1) is 12.7 Å². The molecule has 0 saturated carbocycles. The van der Waals surface area contributed by atoms with Gasteiger partial charge in [0.25, 0.3) is 0 Å². The van der Waals surface area contributed by atoms with Gasteiger partial charge >= 0.3 is 0 Å². The normalized spacial score (nSPS) is 15.8. The molecule has 0 amide bonds. The van der Waals surface area contributed by atoms with Crippen molar-refractivity contribution in [1.29, 1.82) is 0 Å². The molecule has 0 aromatic carbocycles. The summed E-state index contributed by atoms with van der Waals surface area (Å²) in [6, 6.07) is 0. The molecule has 4 N–H and O–H groups in total. The van der Waals surface area contributed by atoms with Crippen LogP contribution >= 0.6 is 0 Å². The van der Waals surface area contributed by atoms with E-state index >= 15 is 0 Å². The Kier molecular flexibility index (Phi) is 4.30. The second-order valence-corrected chi connectivity index (χ2v) is 1.88. The molecule has 3 heteroatoms. The van der Waals surface area contributed by atoms with Crippen LogP contribution in [0.5, 0.6) is 0 Å². The Morgan fingerprint density at radius 3 is 2.67 bits per heavy atom. The van der Waals surface area contributed by atoms with Gasteiger partial charge in [0.15, 0.2) is 0 Å². The Labute approximate surface area is 54.8 Å². The lowest BCUT2D eigenvalue weighted by atomic mass is 10.2. The van der Waals surface area contributed by atoms with Crippen molar-refractivity contribution < 1.29 is 10.2 Å². The molecule has 54 valence electrons. The topological polar surface area (TPSA) is 66.5 Å². The second-order valence-electron chi connectivity index (χ2n) is 1.88. The minimum atomic E-state index is -0.742. The average molecular weight is 131 g/mol. The molecular formula is C6H13NO2. The van der Waals surface area contributed by atoms with Crippen LogP contribution in [0.15, 0.2) is 11.6 Å². The van der Waals surface area contributed by atoms with Crippen molar-refractivity contribution in [2.24, 2.45) is 5.73 Å². The van der Waals surface area contributed by atoms with Gasteiger partial charge in [-0.1, -0.05) is 6.08 Å². The van der Waals surface area contributed by atoms with Crippen LogP contribution in [0.2, 0.25) is 0 Å². The Morgan fingerprint density at radius 1 is 1.78 bits per heavy atom. The summed E-state index contributed by atoms with van der Waals surface area (Å²) in [5.74, 6) is 0. The Bertz CT molecular complexity index is 101. The van der Waals surface area contributed by atoms with Crippen LogP contribution in [-0.4, -0.2) is 29.5 Å². The Morgan fingerprint density at radius 2 is 2.33 bits per heavy atom. The first-order chi connectivity index (χ1) is 4.22. The third-order valence-electron chi connectivity index (χ3n) is 1.14. The van der Waals surface area contributed by atoms with Gasteiger partial charge in [-0.15, -0.1) is 0 Å². The Balaban J connectivity index is 3.70. The summed E-state index contributed by atoms with van der Waals surface area (Å²) >= 11 is 0. The molecule has 1 atom stereocenters. The molecule has 0 aliphatic carbocycles. The van der Waals surface area contributed by atoms with Crippen molar-refractivity contribution in [3.8, 4) is 0 Å². The summed E-state index contributed by atoms with van der Waals surface area (Å²) in [4.78, 5) is 0. The highest BCUT2D eigenvalue weighted by atomic mass is 16.3. The number of rotatable bonds is 3. The number of aliphatic hydroxyl groups excluding tert-OH is 2. The van der Waals surface area contributed by atoms with E-state index in [-0.39, 0.29) is 6.61 Å². The molecule has 0 spiro atoms. The second kappa shape index (κ2) is 4.49. The molecule has 0 aliphatic heterocycles. The molecule has 0 radical (unpaired) electrons. The maximum Gasteiger partial charge on any atom is 0.0978 e. The van der Waals surface area contributed by atoms with Gasteiger partial charge in [0, 0.05) is 6.54 Å². The molecule has 0 aromatic heterocycles. The molecule has 0 fully saturated rings. The van der Waals surface area contributed by atoms with Gasteiger partial charge in [-0.2, -0.15) is 0 Å². The van der Waals surface area contributed by atoms with E-state index in [9.17, 15) is 0 Å². The molecule has 0 heterocycles. The van der Waals surface area contributed by atoms with E-state index in [4.69, 9.17) is 15.9 Å². The summed E-state index contributed by atoms with van der Waals surface area (Å²) in [5.41, 5.74) is 5.88. The molecule has 0 rings (SSSR count). The standard InChI is InChI=1S/C6H13NO2/c1-5(2-3-7)6(9)4-8/h2,6,8-9H,3-4,7H2,1H3/b5-2+. The molecule has 0 aliphatic rings. The van der Waals surface area contributed by atoms with Gasteiger partial charge < -0.3 is 15.9 Å². The number of aliphatic hydroxyl groups is 2. The fraction of sp³-hybridized carbons (Fsp3) is 0.667. The van der Waals surface area contributed by atoms with Crippen LogP contribution in [-0.2, 0) is 0 Å². The molecule has 3 nitrogen and oxygen atoms in total. The van der Waals surface area contributed by atoms with Crippen LogP contribution in [0.1, 0.15) is 6.92 Å². The van der Waals surface area contributed by atoms with E-state index < -0.39 is 6.10 Å². The van der Waals surface area contributed by atoms with Crippen molar-refractivity contribution >= 4 is 0 Å². The zero-order chi connectivity index (χ0) is 7.28. The van der Waals surface area contributed by atoms with Gasteiger partial charge in [-0.3, -0.25) is 0 Å². The third kappa shape index (κ3) is 3.24. The monoisotopic (exact) mass is 131 g/mol. The van der Waals surface area contributed by atoms with Crippen molar-refractivity contribution in [2.75, 3.05) is 13.2 Å². The summed E-state index contributed by atoms with van der Waals surface area (Å²) < 4.78 is 0. The fourth-order valence-electron chi connectivity index (χ4n) is 0.466. The summed E-state index contributed by atoms with van der Waals surface area (Å²) in [7, 11) is 0. The highest BCUT2D eigenvalue weighted by molar-refractivity contribution is 5.04. The van der Waals surface area contributed by atoms with Gasteiger partial charge in [-0.05, 0) is 12.5 Å². The van der Waals surface area contributed by atoms with Gasteiger partial charge in [-0.25, -0.2) is 0 Å². The van der Waals surface area contributed by atoms with Crippen LogP contribution in [0.3, 0.4) is 0 Å². The van der Waals surface area contributed by atoms with Gasteiger partial charge in [0.1, 0.15) is 0 Å². The number of hydrogen-bond acceptors (Lipinski definition) is 3. The smallest absolute Gasteiger partial charge is 0.0978 e. The van der Waals surface area contributed by atoms with Crippen molar-refractivity contribution in [2.45, 2.75) is 13.0 Å². The zero-order valence-corrected chi connectivity index (χ0v) is 5.54. The van der Waals surface area contributed by atoms with Crippen molar-refractivity contribution in [3.63, 3.8) is 0 Å². The van der Waals surface area contributed by atoms with E-state index in [1.54, 1.807) is 13.0 Å². The lowest BCUT2D eigenvalue weighted by Crippen LogP contribution is -2.14. The lowest BCUT2D eigenvalue weighted by Gasteiger charge is -2.05. The molecule has 0 aromatic rings. The minimum Gasteiger partial charge on any atom is -0.393 e. The highest BCUT2D eigenvalue weighted by Crippen LogP contribution is 1.97. The molecule has 0 bridgehead atoms. The largest absolute Gasteiger partial charge is 0.393 e. The first kappa shape index (κ1) is 8.62. The van der Waals surface area contributed by atoms with Gasteiger partial charge in [0.2, 0.25) is 0 Å². The van der Waals surface area contributed by atoms with Crippen molar-refractivity contribution in [3.05, 3.63) is 11.6 Å². The number of nitrogens with two attached hydrogens (primary N) is 1. The quantitative estimate of drug-likeness (QED) is 0.441. The maximum atomic E-state index is 8.88. The molecule has 0 saturated heterocycles. The molecular weight excluding hydrogens is 118 g/mol. The predicted octanol–water partition coefficient (Wildman–Crippen LogP) is -0.755. The van der Waals surface area contributed by atoms with Crippen LogP contribution in [0, 0.1) is 0 Å². The van der Waals surface area contributed by atoms with E-state index in [2.05, 4.69) is 0 Å². The third-order valence-corrected chi connectivity index (χ3v) is 1.14. The SMILES string of the molecule is C/C(=C\CN)C(O)CO. The summed E-state index contributed by atoms with van der Waals surface area (Å²) in [6.45, 7) is 1.90. The highest BCUT2D eigenvalue weighted by Gasteiger charge is 2.01. The van der Waals surface area contributed by atoms with E-state index in [1.807, 2.05) is 0 Å². The number of hydrogen-bond donors (Lipinski definition) is 3. The first-order valence-electron chi connectivity index (χ1n) is 2.88. The Hall–Kier alpha value is -0.380. The maximum absolute atomic E-state index is 8.88.